The highest BCUT2D eigenvalue weighted by molar-refractivity contribution is 5.71. The van der Waals surface area contributed by atoms with Crippen LogP contribution in [0.3, 0.4) is 0 Å². The molecule has 1 aliphatic rings. The highest BCUT2D eigenvalue weighted by atomic mass is 16.6. The lowest BCUT2D eigenvalue weighted by molar-refractivity contribution is -0.385. The number of nitrogens with two attached hydrogens (primary N) is 1. The van der Waals surface area contributed by atoms with Crippen molar-refractivity contribution < 1.29 is 10.0 Å². The van der Waals surface area contributed by atoms with Crippen LogP contribution >= 0.6 is 0 Å². The van der Waals surface area contributed by atoms with Gasteiger partial charge in [0.2, 0.25) is 5.72 Å². The van der Waals surface area contributed by atoms with Crippen LogP contribution < -0.4 is 5.84 Å². The fraction of sp³-hybridized carbons (Fsp3) is 0.0714. The largest absolute Gasteiger partial charge is 0.362 e. The zero-order chi connectivity index (χ0) is 15.0. The molecule has 2 aromatic rings. The van der Waals surface area contributed by atoms with Crippen molar-refractivity contribution in [2.24, 2.45) is 10.8 Å². The maximum absolute atomic E-state index is 11.1. The second-order valence-electron chi connectivity index (χ2n) is 4.65. The van der Waals surface area contributed by atoms with Gasteiger partial charge in [-0.2, -0.15) is 0 Å². The van der Waals surface area contributed by atoms with Gasteiger partial charge in [-0.15, -0.1) is 0 Å². The van der Waals surface area contributed by atoms with Gasteiger partial charge in [0.25, 0.3) is 5.69 Å². The van der Waals surface area contributed by atoms with Gasteiger partial charge in [0.15, 0.2) is 0 Å². The Morgan fingerprint density at radius 1 is 1.24 bits per heavy atom. The summed E-state index contributed by atoms with van der Waals surface area (Å²) in [5.41, 5.74) is -0.625. The lowest BCUT2D eigenvalue weighted by Crippen LogP contribution is -2.52. The molecule has 2 aromatic carbocycles. The second-order valence-corrected chi connectivity index (χ2v) is 4.65. The van der Waals surface area contributed by atoms with Gasteiger partial charge in [0.05, 0.1) is 10.6 Å². The molecule has 1 aliphatic heterocycles. The average molecular weight is 284 g/mol. The van der Waals surface area contributed by atoms with E-state index in [4.69, 9.17) is 5.84 Å². The van der Waals surface area contributed by atoms with Gasteiger partial charge in [-0.25, -0.2) is 10.8 Å². The number of aliphatic hydroxyl groups is 1. The molecular formula is C14H12N4O3. The van der Waals surface area contributed by atoms with Crippen LogP contribution in [0.15, 0.2) is 53.5 Å². The Hall–Kier alpha value is -2.77. The van der Waals surface area contributed by atoms with Crippen molar-refractivity contribution in [2.45, 2.75) is 5.72 Å². The molecule has 3 rings (SSSR count). The Balaban J connectivity index is 2.25. The van der Waals surface area contributed by atoms with E-state index in [1.54, 1.807) is 30.3 Å². The number of nitrogens with zero attached hydrogens (tertiary/aromatic N) is 3. The van der Waals surface area contributed by atoms with E-state index in [0.29, 0.717) is 11.3 Å². The maximum atomic E-state index is 11.1. The summed E-state index contributed by atoms with van der Waals surface area (Å²) < 4.78 is 0. The van der Waals surface area contributed by atoms with Gasteiger partial charge in [0.1, 0.15) is 6.34 Å². The topological polar surface area (TPSA) is 105 Å². The minimum Gasteiger partial charge on any atom is -0.362 e. The lowest BCUT2D eigenvalue weighted by Gasteiger charge is -2.38. The minimum atomic E-state index is -1.70. The van der Waals surface area contributed by atoms with Crippen molar-refractivity contribution >= 4 is 17.7 Å². The van der Waals surface area contributed by atoms with E-state index in [-0.39, 0.29) is 11.3 Å². The van der Waals surface area contributed by atoms with Crippen LogP contribution in [0.25, 0.3) is 0 Å². The van der Waals surface area contributed by atoms with E-state index in [0.717, 1.165) is 5.01 Å². The molecule has 0 spiro atoms. The molecule has 0 radical (unpaired) electrons. The first-order valence-electron chi connectivity index (χ1n) is 6.18. The number of nitro groups is 1. The summed E-state index contributed by atoms with van der Waals surface area (Å²) in [6.07, 6.45) is 1.29. The third-order valence-corrected chi connectivity index (χ3v) is 3.44. The molecule has 3 N–H and O–H groups in total. The Bertz CT molecular complexity index is 732. The van der Waals surface area contributed by atoms with E-state index >= 15 is 0 Å². The number of aliphatic imine (C=N–C) groups is 1. The number of non-ortho nitro benzene ring substituents is 1. The van der Waals surface area contributed by atoms with Crippen LogP contribution in [0.4, 0.5) is 11.4 Å². The summed E-state index contributed by atoms with van der Waals surface area (Å²) in [7, 11) is 0. The van der Waals surface area contributed by atoms with Crippen LogP contribution in [0.2, 0.25) is 0 Å². The Labute approximate surface area is 120 Å². The zero-order valence-corrected chi connectivity index (χ0v) is 10.9. The molecule has 21 heavy (non-hydrogen) atoms. The summed E-state index contributed by atoms with van der Waals surface area (Å²) in [4.78, 5) is 14.5. The maximum Gasteiger partial charge on any atom is 0.270 e. The Morgan fingerprint density at radius 2 is 1.95 bits per heavy atom. The van der Waals surface area contributed by atoms with Gasteiger partial charge in [0, 0.05) is 23.3 Å². The first kappa shape index (κ1) is 13.2. The van der Waals surface area contributed by atoms with E-state index in [9.17, 15) is 15.2 Å². The molecule has 0 fully saturated rings. The van der Waals surface area contributed by atoms with Crippen LogP contribution in [0, 0.1) is 10.1 Å². The summed E-state index contributed by atoms with van der Waals surface area (Å²) >= 11 is 0. The van der Waals surface area contributed by atoms with Crippen molar-refractivity contribution in [2.75, 3.05) is 0 Å². The smallest absolute Gasteiger partial charge is 0.270 e. The number of rotatable bonds is 2. The molecule has 0 saturated carbocycles. The van der Waals surface area contributed by atoms with Crippen molar-refractivity contribution in [3.05, 3.63) is 69.8 Å². The SMILES string of the molecule is NN1C=Nc2ccc([N+](=O)[O-])cc2C1(O)c1ccccc1. The van der Waals surface area contributed by atoms with Gasteiger partial charge < -0.3 is 5.11 Å². The molecule has 1 atom stereocenters. The molecule has 7 heteroatoms. The number of fused-ring (bicyclic) bond motifs is 1. The highest BCUT2D eigenvalue weighted by Crippen LogP contribution is 2.40. The monoisotopic (exact) mass is 284 g/mol. The number of nitro benzene ring substituents is 1. The minimum absolute atomic E-state index is 0.131. The molecule has 1 unspecified atom stereocenters. The van der Waals surface area contributed by atoms with E-state index in [1.165, 1.54) is 24.5 Å². The number of hydrazine groups is 1. The summed E-state index contributed by atoms with van der Waals surface area (Å²) in [6.45, 7) is 0. The van der Waals surface area contributed by atoms with Crippen LogP contribution in [-0.4, -0.2) is 21.4 Å². The van der Waals surface area contributed by atoms with Crippen molar-refractivity contribution in [1.82, 2.24) is 5.01 Å². The standard InChI is InChI=1S/C14H12N4O3/c15-17-9-16-13-7-6-11(18(20)21)8-12(13)14(17,19)10-4-2-1-3-5-10/h1-9,19H,15H2. The molecule has 106 valence electrons. The predicted molar refractivity (Wildman–Crippen MR) is 76.7 cm³/mol. The summed E-state index contributed by atoms with van der Waals surface area (Å²) in [6, 6.07) is 12.8. The van der Waals surface area contributed by atoms with Crippen LogP contribution in [0.5, 0.6) is 0 Å². The molecule has 0 amide bonds. The third kappa shape index (κ3) is 1.95. The highest BCUT2D eigenvalue weighted by Gasteiger charge is 2.41. The first-order valence-corrected chi connectivity index (χ1v) is 6.18. The third-order valence-electron chi connectivity index (χ3n) is 3.44. The van der Waals surface area contributed by atoms with Gasteiger partial charge in [-0.3, -0.25) is 15.1 Å². The van der Waals surface area contributed by atoms with Gasteiger partial charge >= 0.3 is 0 Å². The fourth-order valence-corrected chi connectivity index (χ4v) is 2.35. The van der Waals surface area contributed by atoms with Crippen LogP contribution in [0.1, 0.15) is 11.1 Å². The first-order chi connectivity index (χ1) is 10.0. The molecular weight excluding hydrogens is 272 g/mol. The quantitative estimate of drug-likeness (QED) is 0.495. The fourth-order valence-electron chi connectivity index (χ4n) is 2.35. The normalized spacial score (nSPS) is 20.2. The zero-order valence-electron chi connectivity index (χ0n) is 10.9. The number of hydrogen-bond donors (Lipinski definition) is 2. The van der Waals surface area contributed by atoms with E-state index < -0.39 is 10.6 Å². The predicted octanol–water partition coefficient (Wildman–Crippen LogP) is 1.64. The van der Waals surface area contributed by atoms with Crippen molar-refractivity contribution in [1.29, 1.82) is 0 Å². The molecule has 1 heterocycles. The second kappa shape index (κ2) is 4.65. The van der Waals surface area contributed by atoms with Gasteiger partial charge in [-0.05, 0) is 6.07 Å². The summed E-state index contributed by atoms with van der Waals surface area (Å²) in [5, 5.41) is 23.0. The number of benzene rings is 2. The Morgan fingerprint density at radius 3 is 2.62 bits per heavy atom. The molecule has 0 bridgehead atoms. The molecule has 0 aliphatic carbocycles. The lowest BCUT2D eigenvalue weighted by atomic mass is 9.91. The van der Waals surface area contributed by atoms with Crippen molar-refractivity contribution in [3.63, 3.8) is 0 Å². The molecule has 0 saturated heterocycles. The molecule has 0 aromatic heterocycles. The average Bonchev–Trinajstić information content (AvgIpc) is 2.51. The van der Waals surface area contributed by atoms with E-state index in [1.807, 2.05) is 0 Å². The molecule has 7 nitrogen and oxygen atoms in total. The number of hydrogen-bond acceptors (Lipinski definition) is 6. The Kier molecular flexibility index (Phi) is 2.93. The van der Waals surface area contributed by atoms with Gasteiger partial charge in [-0.1, -0.05) is 30.3 Å². The van der Waals surface area contributed by atoms with Crippen LogP contribution in [-0.2, 0) is 5.72 Å². The van der Waals surface area contributed by atoms with E-state index in [2.05, 4.69) is 4.99 Å². The van der Waals surface area contributed by atoms with Crippen molar-refractivity contribution in [3.8, 4) is 0 Å². The summed E-state index contributed by atoms with van der Waals surface area (Å²) in [5.74, 6) is 5.85.